The van der Waals surface area contributed by atoms with Gasteiger partial charge in [0.1, 0.15) is 6.26 Å². The fourth-order valence-corrected chi connectivity index (χ4v) is 2.35. The average Bonchev–Trinajstić information content (AvgIpc) is 2.82. The summed E-state index contributed by atoms with van der Waals surface area (Å²) < 4.78 is 6.44. The van der Waals surface area contributed by atoms with E-state index in [1.807, 2.05) is 19.1 Å². The number of aromatic nitrogens is 2. The molecule has 0 radical (unpaired) electrons. The van der Waals surface area contributed by atoms with E-state index in [0.717, 1.165) is 16.1 Å². The zero-order valence-corrected chi connectivity index (χ0v) is 8.91. The Hall–Kier alpha value is -1.68. The maximum atomic E-state index is 5.24. The standard InChI is InChI=1S/C11H8N2OS/c1-7-13-9-6-8(2-3-10(9)15-7)11-12-4-5-14-11/h2-6H,1H3. The van der Waals surface area contributed by atoms with Crippen LogP contribution in [-0.2, 0) is 0 Å². The average molecular weight is 216 g/mol. The van der Waals surface area contributed by atoms with Crippen LogP contribution in [-0.4, -0.2) is 9.97 Å². The molecule has 0 bridgehead atoms. The van der Waals surface area contributed by atoms with Crippen molar-refractivity contribution in [2.45, 2.75) is 6.92 Å². The fourth-order valence-electron chi connectivity index (χ4n) is 1.54. The van der Waals surface area contributed by atoms with Crippen LogP contribution in [0, 0.1) is 6.92 Å². The molecule has 15 heavy (non-hydrogen) atoms. The van der Waals surface area contributed by atoms with Crippen LogP contribution >= 0.6 is 11.3 Å². The minimum Gasteiger partial charge on any atom is -0.445 e. The Morgan fingerprint density at radius 2 is 2.27 bits per heavy atom. The molecule has 0 spiro atoms. The van der Waals surface area contributed by atoms with Crippen molar-refractivity contribution in [3.05, 3.63) is 35.7 Å². The van der Waals surface area contributed by atoms with E-state index in [0.29, 0.717) is 5.89 Å². The quantitative estimate of drug-likeness (QED) is 0.626. The van der Waals surface area contributed by atoms with Crippen molar-refractivity contribution in [1.82, 2.24) is 9.97 Å². The molecule has 2 aromatic heterocycles. The molecule has 1 aromatic carbocycles. The summed E-state index contributed by atoms with van der Waals surface area (Å²) in [5.74, 6) is 0.641. The second-order valence-electron chi connectivity index (χ2n) is 3.25. The van der Waals surface area contributed by atoms with Crippen molar-refractivity contribution in [2.75, 3.05) is 0 Å². The SMILES string of the molecule is Cc1nc2cc(-c3ncco3)ccc2s1. The molecule has 4 heteroatoms. The lowest BCUT2D eigenvalue weighted by Crippen LogP contribution is -1.76. The van der Waals surface area contributed by atoms with Crippen molar-refractivity contribution in [1.29, 1.82) is 0 Å². The predicted molar refractivity (Wildman–Crippen MR) is 59.9 cm³/mol. The molecule has 2 heterocycles. The lowest BCUT2D eigenvalue weighted by molar-refractivity contribution is 0.574. The first-order valence-corrected chi connectivity index (χ1v) is 5.41. The third-order valence-electron chi connectivity index (χ3n) is 2.17. The number of hydrogen-bond donors (Lipinski definition) is 0. The van der Waals surface area contributed by atoms with Gasteiger partial charge in [-0.15, -0.1) is 11.3 Å². The molecule has 0 saturated carbocycles. The van der Waals surface area contributed by atoms with Crippen LogP contribution in [0.4, 0.5) is 0 Å². The first-order chi connectivity index (χ1) is 7.33. The van der Waals surface area contributed by atoms with Gasteiger partial charge in [-0.1, -0.05) is 0 Å². The second-order valence-corrected chi connectivity index (χ2v) is 4.49. The smallest absolute Gasteiger partial charge is 0.225 e. The van der Waals surface area contributed by atoms with Crippen LogP contribution < -0.4 is 0 Å². The summed E-state index contributed by atoms with van der Waals surface area (Å²) in [6.07, 6.45) is 3.22. The Bertz CT molecular complexity index is 598. The molecule has 0 aliphatic heterocycles. The summed E-state index contributed by atoms with van der Waals surface area (Å²) in [5, 5.41) is 1.08. The summed E-state index contributed by atoms with van der Waals surface area (Å²) in [5.41, 5.74) is 1.98. The Kier molecular flexibility index (Phi) is 1.82. The summed E-state index contributed by atoms with van der Waals surface area (Å²) in [4.78, 5) is 8.54. The number of hydrogen-bond acceptors (Lipinski definition) is 4. The first kappa shape index (κ1) is 8.61. The van der Waals surface area contributed by atoms with Gasteiger partial charge in [0.15, 0.2) is 0 Å². The van der Waals surface area contributed by atoms with Crippen molar-refractivity contribution in [3.63, 3.8) is 0 Å². The maximum Gasteiger partial charge on any atom is 0.225 e. The fraction of sp³-hybridized carbons (Fsp3) is 0.0909. The number of fused-ring (bicyclic) bond motifs is 1. The van der Waals surface area contributed by atoms with Gasteiger partial charge in [-0.3, -0.25) is 0 Å². The molecule has 0 N–H and O–H groups in total. The van der Waals surface area contributed by atoms with Crippen LogP contribution in [0.5, 0.6) is 0 Å². The van der Waals surface area contributed by atoms with Crippen molar-refractivity contribution < 1.29 is 4.42 Å². The maximum absolute atomic E-state index is 5.24. The number of oxazole rings is 1. The lowest BCUT2D eigenvalue weighted by atomic mass is 10.2. The van der Waals surface area contributed by atoms with Crippen LogP contribution in [0.15, 0.2) is 35.1 Å². The monoisotopic (exact) mass is 216 g/mol. The summed E-state index contributed by atoms with van der Waals surface area (Å²) >= 11 is 1.70. The summed E-state index contributed by atoms with van der Waals surface area (Å²) in [6, 6.07) is 6.07. The highest BCUT2D eigenvalue weighted by Gasteiger charge is 2.05. The second kappa shape index (κ2) is 3.17. The number of benzene rings is 1. The molecule has 3 aromatic rings. The van der Waals surface area contributed by atoms with Crippen LogP contribution in [0.25, 0.3) is 21.7 Å². The largest absolute Gasteiger partial charge is 0.445 e. The highest BCUT2D eigenvalue weighted by atomic mass is 32.1. The van der Waals surface area contributed by atoms with Gasteiger partial charge in [0.2, 0.25) is 5.89 Å². The first-order valence-electron chi connectivity index (χ1n) is 4.60. The Morgan fingerprint density at radius 1 is 1.33 bits per heavy atom. The zero-order valence-electron chi connectivity index (χ0n) is 8.10. The molecule has 0 atom stereocenters. The van der Waals surface area contributed by atoms with Gasteiger partial charge in [0, 0.05) is 5.56 Å². The van der Waals surface area contributed by atoms with Gasteiger partial charge in [-0.25, -0.2) is 9.97 Å². The third kappa shape index (κ3) is 1.43. The van der Waals surface area contributed by atoms with E-state index >= 15 is 0 Å². The molecule has 0 unspecified atom stereocenters. The minimum absolute atomic E-state index is 0.641. The number of aryl methyl sites for hydroxylation is 1. The van der Waals surface area contributed by atoms with Gasteiger partial charge in [0.25, 0.3) is 0 Å². The topological polar surface area (TPSA) is 38.9 Å². The van der Waals surface area contributed by atoms with Crippen molar-refractivity contribution in [3.8, 4) is 11.5 Å². The molecule has 3 rings (SSSR count). The molecule has 0 saturated heterocycles. The lowest BCUT2D eigenvalue weighted by Gasteiger charge is -1.94. The molecule has 0 aliphatic rings. The van der Waals surface area contributed by atoms with Crippen LogP contribution in [0.2, 0.25) is 0 Å². The minimum atomic E-state index is 0.641. The van der Waals surface area contributed by atoms with Gasteiger partial charge >= 0.3 is 0 Å². The van der Waals surface area contributed by atoms with Gasteiger partial charge in [-0.05, 0) is 25.1 Å². The number of thiazole rings is 1. The van der Waals surface area contributed by atoms with Crippen molar-refractivity contribution >= 4 is 21.6 Å². The molecule has 0 fully saturated rings. The van der Waals surface area contributed by atoms with Crippen LogP contribution in [0.1, 0.15) is 5.01 Å². The van der Waals surface area contributed by atoms with E-state index < -0.39 is 0 Å². The van der Waals surface area contributed by atoms with E-state index in [9.17, 15) is 0 Å². The van der Waals surface area contributed by atoms with Gasteiger partial charge in [-0.2, -0.15) is 0 Å². The molecule has 74 valence electrons. The number of nitrogens with zero attached hydrogens (tertiary/aromatic N) is 2. The van der Waals surface area contributed by atoms with Gasteiger partial charge in [0.05, 0.1) is 21.4 Å². The van der Waals surface area contributed by atoms with E-state index in [1.54, 1.807) is 23.8 Å². The highest BCUT2D eigenvalue weighted by Crippen LogP contribution is 2.26. The predicted octanol–water partition coefficient (Wildman–Crippen LogP) is 3.26. The van der Waals surface area contributed by atoms with E-state index in [4.69, 9.17) is 4.42 Å². The Morgan fingerprint density at radius 3 is 3.07 bits per heavy atom. The summed E-state index contributed by atoms with van der Waals surface area (Å²) in [6.45, 7) is 2.01. The molecule has 3 nitrogen and oxygen atoms in total. The van der Waals surface area contributed by atoms with Crippen LogP contribution in [0.3, 0.4) is 0 Å². The number of rotatable bonds is 1. The van der Waals surface area contributed by atoms with Gasteiger partial charge < -0.3 is 4.42 Å². The Labute approximate surface area is 90.4 Å². The highest BCUT2D eigenvalue weighted by molar-refractivity contribution is 7.18. The van der Waals surface area contributed by atoms with Crippen molar-refractivity contribution in [2.24, 2.45) is 0 Å². The molecular formula is C11H8N2OS. The molecule has 0 amide bonds. The molecule has 0 aliphatic carbocycles. The molecular weight excluding hydrogens is 208 g/mol. The normalized spacial score (nSPS) is 11.0. The summed E-state index contributed by atoms with van der Waals surface area (Å²) in [7, 11) is 0. The zero-order chi connectivity index (χ0) is 10.3. The third-order valence-corrected chi connectivity index (χ3v) is 3.13. The van der Waals surface area contributed by atoms with E-state index in [-0.39, 0.29) is 0 Å². The van der Waals surface area contributed by atoms with E-state index in [2.05, 4.69) is 16.0 Å². The van der Waals surface area contributed by atoms with E-state index in [1.165, 1.54) is 4.70 Å². The Balaban J connectivity index is 2.21.